The Balaban J connectivity index is 0.00000289. The molecule has 2 aromatic carbocycles. The Kier molecular flexibility index (Phi) is 7.71. The average molecular weight is 478 g/mol. The van der Waals surface area contributed by atoms with E-state index in [9.17, 15) is 9.18 Å². The third-order valence-corrected chi connectivity index (χ3v) is 5.86. The van der Waals surface area contributed by atoms with Crippen molar-refractivity contribution < 1.29 is 18.3 Å². The minimum atomic E-state index is -0.325. The van der Waals surface area contributed by atoms with Crippen molar-refractivity contribution in [3.05, 3.63) is 54.0 Å². The number of aromatic nitrogens is 1. The van der Waals surface area contributed by atoms with Gasteiger partial charge in [-0.25, -0.2) is 9.37 Å². The molecule has 0 saturated carbocycles. The summed E-state index contributed by atoms with van der Waals surface area (Å²) in [6, 6.07) is 11.7. The van der Waals surface area contributed by atoms with E-state index in [0.717, 1.165) is 18.4 Å². The van der Waals surface area contributed by atoms with Crippen molar-refractivity contribution in [3.63, 3.8) is 0 Å². The second-order valence-electron chi connectivity index (χ2n) is 7.44. The first-order valence-electron chi connectivity index (χ1n) is 10.1. The number of carbonyl (C=O) groups excluding carboxylic acids is 1. The lowest BCUT2D eigenvalue weighted by Crippen LogP contribution is -2.33. The zero-order chi connectivity index (χ0) is 22.0. The Morgan fingerprint density at radius 3 is 2.75 bits per heavy atom. The lowest BCUT2D eigenvalue weighted by Gasteiger charge is -2.19. The van der Waals surface area contributed by atoms with Gasteiger partial charge in [0.1, 0.15) is 5.82 Å². The van der Waals surface area contributed by atoms with Crippen LogP contribution in [0.2, 0.25) is 0 Å². The number of carbonyl (C=O) groups is 1. The predicted octanol–water partition coefficient (Wildman–Crippen LogP) is 5.60. The Morgan fingerprint density at radius 2 is 2.00 bits per heavy atom. The highest BCUT2D eigenvalue weighted by Crippen LogP contribution is 2.33. The topological polar surface area (TPSA) is 58.8 Å². The molecule has 4 rings (SSSR count). The van der Waals surface area contributed by atoms with Crippen molar-refractivity contribution in [2.75, 3.05) is 38.7 Å². The van der Waals surface area contributed by atoms with Crippen molar-refractivity contribution in [2.45, 2.75) is 13.3 Å². The van der Waals surface area contributed by atoms with Crippen LogP contribution < -0.4 is 9.64 Å². The van der Waals surface area contributed by atoms with Crippen LogP contribution in [0.4, 0.5) is 9.52 Å². The molecule has 0 aliphatic heterocycles. The molecule has 6 nitrogen and oxygen atoms in total. The molecule has 0 fully saturated rings. The first-order chi connectivity index (χ1) is 15.0. The zero-order valence-corrected chi connectivity index (χ0v) is 19.8. The van der Waals surface area contributed by atoms with E-state index >= 15 is 0 Å². The summed E-state index contributed by atoms with van der Waals surface area (Å²) >= 11 is 1.29. The monoisotopic (exact) mass is 477 g/mol. The number of furan rings is 1. The van der Waals surface area contributed by atoms with Gasteiger partial charge in [0, 0.05) is 11.9 Å². The molecule has 2 heterocycles. The minimum Gasteiger partial charge on any atom is -0.490 e. The van der Waals surface area contributed by atoms with Crippen molar-refractivity contribution in [1.82, 2.24) is 9.88 Å². The number of halogens is 2. The molecule has 0 N–H and O–H groups in total. The maximum atomic E-state index is 13.6. The van der Waals surface area contributed by atoms with E-state index in [1.165, 1.54) is 23.5 Å². The summed E-state index contributed by atoms with van der Waals surface area (Å²) in [7, 11) is 3.97. The number of fused-ring (bicyclic) bond motifs is 2. The van der Waals surface area contributed by atoms with Gasteiger partial charge in [0.25, 0.3) is 5.91 Å². The molecular weight excluding hydrogens is 453 g/mol. The third-order valence-electron chi connectivity index (χ3n) is 4.82. The molecule has 0 bridgehead atoms. The number of hydrogen-bond acceptors (Lipinski definition) is 6. The summed E-state index contributed by atoms with van der Waals surface area (Å²) in [5.41, 5.74) is 1.21. The minimum absolute atomic E-state index is 0. The molecule has 0 spiro atoms. The Bertz CT molecular complexity index is 1220. The van der Waals surface area contributed by atoms with Gasteiger partial charge in [-0.1, -0.05) is 23.5 Å². The van der Waals surface area contributed by atoms with Crippen LogP contribution in [0.3, 0.4) is 0 Å². The number of anilines is 1. The standard InChI is InChI=1S/C23H24FN3O3S.ClH/c1-4-29-18-8-5-7-15-13-19(30-21(15)18)22(28)27(12-6-11-26(2)3)23-25-17-10-9-16(24)14-20(17)31-23;/h5,7-10,13-14H,4,6,11-12H2,1-3H3;1H. The lowest BCUT2D eigenvalue weighted by atomic mass is 10.2. The number of amides is 1. The maximum Gasteiger partial charge on any atom is 0.295 e. The van der Waals surface area contributed by atoms with Crippen LogP contribution in [0.25, 0.3) is 21.2 Å². The molecule has 170 valence electrons. The predicted molar refractivity (Wildman–Crippen MR) is 129 cm³/mol. The smallest absolute Gasteiger partial charge is 0.295 e. The normalized spacial score (nSPS) is 11.2. The van der Waals surface area contributed by atoms with E-state index < -0.39 is 0 Å². The third kappa shape index (κ3) is 5.03. The summed E-state index contributed by atoms with van der Waals surface area (Å²) in [6.07, 6.45) is 0.757. The zero-order valence-electron chi connectivity index (χ0n) is 18.1. The van der Waals surface area contributed by atoms with Gasteiger partial charge < -0.3 is 14.1 Å². The fourth-order valence-electron chi connectivity index (χ4n) is 3.37. The highest BCUT2D eigenvalue weighted by Gasteiger charge is 2.25. The summed E-state index contributed by atoms with van der Waals surface area (Å²) in [4.78, 5) is 21.7. The van der Waals surface area contributed by atoms with Gasteiger partial charge in [0.2, 0.25) is 0 Å². The van der Waals surface area contributed by atoms with Crippen LogP contribution >= 0.6 is 23.7 Å². The second-order valence-corrected chi connectivity index (χ2v) is 8.45. The van der Waals surface area contributed by atoms with Gasteiger partial charge in [-0.05, 0) is 64.3 Å². The molecule has 2 aromatic heterocycles. The summed E-state index contributed by atoms with van der Waals surface area (Å²) in [5, 5.41) is 1.32. The van der Waals surface area contributed by atoms with Gasteiger partial charge >= 0.3 is 0 Å². The summed E-state index contributed by atoms with van der Waals surface area (Å²) in [6.45, 7) is 3.69. The quantitative estimate of drug-likeness (QED) is 0.330. The fourth-order valence-corrected chi connectivity index (χ4v) is 4.39. The van der Waals surface area contributed by atoms with Crippen molar-refractivity contribution in [2.24, 2.45) is 0 Å². The molecule has 0 aliphatic carbocycles. The van der Waals surface area contributed by atoms with E-state index in [0.29, 0.717) is 39.8 Å². The number of benzene rings is 2. The van der Waals surface area contributed by atoms with Gasteiger partial charge in [-0.2, -0.15) is 0 Å². The lowest BCUT2D eigenvalue weighted by molar-refractivity contribution is 0.0961. The molecule has 4 aromatic rings. The molecule has 0 aliphatic rings. The number of para-hydroxylation sites is 1. The number of thiazole rings is 1. The Hall–Kier alpha value is -2.68. The molecule has 0 unspecified atom stereocenters. The van der Waals surface area contributed by atoms with Crippen molar-refractivity contribution in [1.29, 1.82) is 0 Å². The number of rotatable bonds is 8. The largest absolute Gasteiger partial charge is 0.490 e. The molecule has 1 amide bonds. The van der Waals surface area contributed by atoms with Crippen LogP contribution in [0.1, 0.15) is 23.9 Å². The van der Waals surface area contributed by atoms with Crippen LogP contribution in [0, 0.1) is 5.82 Å². The van der Waals surface area contributed by atoms with Crippen molar-refractivity contribution in [3.8, 4) is 5.75 Å². The van der Waals surface area contributed by atoms with E-state index in [2.05, 4.69) is 9.88 Å². The number of hydrogen-bond donors (Lipinski definition) is 0. The van der Waals surface area contributed by atoms with E-state index in [1.807, 2.05) is 39.2 Å². The van der Waals surface area contributed by atoms with Crippen molar-refractivity contribution >= 4 is 56.0 Å². The highest BCUT2D eigenvalue weighted by atomic mass is 35.5. The van der Waals surface area contributed by atoms with Crippen LogP contribution in [-0.4, -0.2) is 49.6 Å². The highest BCUT2D eigenvalue weighted by molar-refractivity contribution is 7.22. The van der Waals surface area contributed by atoms with Gasteiger partial charge in [0.05, 0.1) is 16.8 Å². The fraction of sp³-hybridized carbons (Fsp3) is 0.304. The van der Waals surface area contributed by atoms with E-state index in [1.54, 1.807) is 17.0 Å². The maximum absolute atomic E-state index is 13.6. The van der Waals surface area contributed by atoms with Gasteiger partial charge in [0.15, 0.2) is 22.2 Å². The summed E-state index contributed by atoms with van der Waals surface area (Å²) < 4.78 is 25.9. The first-order valence-corrected chi connectivity index (χ1v) is 11.0. The first kappa shape index (κ1) is 24.0. The van der Waals surface area contributed by atoms with Gasteiger partial charge in [-0.15, -0.1) is 12.4 Å². The molecule has 0 saturated heterocycles. The Labute approximate surface area is 196 Å². The Morgan fingerprint density at radius 1 is 1.19 bits per heavy atom. The summed E-state index contributed by atoms with van der Waals surface area (Å²) in [5.74, 6) is 0.219. The molecule has 32 heavy (non-hydrogen) atoms. The second kappa shape index (κ2) is 10.3. The van der Waals surface area contributed by atoms with Crippen LogP contribution in [-0.2, 0) is 0 Å². The molecule has 0 atom stereocenters. The molecular formula is C23H25ClFN3O3S. The number of nitrogens with zero attached hydrogens (tertiary/aromatic N) is 3. The van der Waals surface area contributed by atoms with E-state index in [-0.39, 0.29) is 29.9 Å². The van der Waals surface area contributed by atoms with Gasteiger partial charge in [-0.3, -0.25) is 9.69 Å². The SMILES string of the molecule is CCOc1cccc2cc(C(=O)N(CCCN(C)C)c3nc4ccc(F)cc4s3)oc12.Cl. The average Bonchev–Trinajstić information content (AvgIpc) is 3.35. The van der Waals surface area contributed by atoms with E-state index in [4.69, 9.17) is 9.15 Å². The van der Waals surface area contributed by atoms with Crippen LogP contribution in [0.5, 0.6) is 5.75 Å². The number of ether oxygens (including phenoxy) is 1. The molecule has 0 radical (unpaired) electrons. The van der Waals surface area contributed by atoms with Crippen LogP contribution in [0.15, 0.2) is 46.9 Å². The molecule has 9 heteroatoms.